The maximum Gasteiger partial charge on any atom is 0.138 e. The van der Waals surface area contributed by atoms with Crippen LogP contribution in [0.5, 0.6) is 0 Å². The SMILES string of the molecule is Cc1c(F)ccc(-c2ccc(CN3C=CN(C)C3)cn2)c1F. The summed E-state index contributed by atoms with van der Waals surface area (Å²) in [5.74, 6) is -1.09. The third-order valence-corrected chi connectivity index (χ3v) is 3.74. The minimum atomic E-state index is -0.552. The van der Waals surface area contributed by atoms with Crippen molar-refractivity contribution in [3.8, 4) is 11.3 Å². The molecule has 1 aliphatic rings. The van der Waals surface area contributed by atoms with E-state index in [1.165, 1.54) is 19.1 Å². The second-order valence-electron chi connectivity index (χ2n) is 5.53. The van der Waals surface area contributed by atoms with E-state index >= 15 is 0 Å². The molecule has 0 amide bonds. The van der Waals surface area contributed by atoms with E-state index in [-0.39, 0.29) is 5.56 Å². The first-order valence-corrected chi connectivity index (χ1v) is 7.07. The van der Waals surface area contributed by atoms with Gasteiger partial charge in [-0.1, -0.05) is 6.07 Å². The maximum atomic E-state index is 14.1. The van der Waals surface area contributed by atoms with Crippen LogP contribution in [0.1, 0.15) is 11.1 Å². The first-order chi connectivity index (χ1) is 10.5. The Kier molecular flexibility index (Phi) is 3.79. The maximum absolute atomic E-state index is 14.1. The van der Waals surface area contributed by atoms with Crippen molar-refractivity contribution in [3.63, 3.8) is 0 Å². The predicted octanol–water partition coefficient (Wildman–Crippen LogP) is 3.51. The first kappa shape index (κ1) is 14.5. The Hall–Kier alpha value is -2.43. The standard InChI is InChI=1S/C17H17F2N3/c1-12-15(18)5-4-14(17(12)19)16-6-3-13(9-20-16)10-22-8-7-21(2)11-22/h3-9H,10-11H2,1-2H3. The van der Waals surface area contributed by atoms with Crippen molar-refractivity contribution in [2.75, 3.05) is 13.7 Å². The Bertz CT molecular complexity index is 711. The molecule has 2 aromatic rings. The molecule has 3 nitrogen and oxygen atoms in total. The van der Waals surface area contributed by atoms with E-state index in [4.69, 9.17) is 0 Å². The summed E-state index contributed by atoms with van der Waals surface area (Å²) in [5.41, 5.74) is 1.90. The first-order valence-electron chi connectivity index (χ1n) is 7.07. The van der Waals surface area contributed by atoms with Crippen LogP contribution in [-0.2, 0) is 6.54 Å². The number of pyridine rings is 1. The van der Waals surface area contributed by atoms with Crippen molar-refractivity contribution in [1.82, 2.24) is 14.8 Å². The van der Waals surface area contributed by atoms with Crippen molar-refractivity contribution in [2.24, 2.45) is 0 Å². The van der Waals surface area contributed by atoms with Crippen LogP contribution >= 0.6 is 0 Å². The highest BCUT2D eigenvalue weighted by Gasteiger charge is 2.13. The van der Waals surface area contributed by atoms with Gasteiger partial charge >= 0.3 is 0 Å². The average Bonchev–Trinajstić information content (AvgIpc) is 2.91. The molecule has 114 valence electrons. The summed E-state index contributed by atoms with van der Waals surface area (Å²) < 4.78 is 27.4. The fourth-order valence-corrected chi connectivity index (χ4v) is 2.46. The molecule has 5 heteroatoms. The summed E-state index contributed by atoms with van der Waals surface area (Å²) in [4.78, 5) is 8.55. The molecule has 22 heavy (non-hydrogen) atoms. The minimum absolute atomic E-state index is 0.0219. The van der Waals surface area contributed by atoms with Gasteiger partial charge in [0.05, 0.1) is 12.4 Å². The highest BCUT2D eigenvalue weighted by atomic mass is 19.1. The van der Waals surface area contributed by atoms with E-state index in [9.17, 15) is 8.78 Å². The number of benzene rings is 1. The van der Waals surface area contributed by atoms with Crippen LogP contribution in [0.25, 0.3) is 11.3 Å². The van der Waals surface area contributed by atoms with Gasteiger partial charge in [-0.3, -0.25) is 4.98 Å². The predicted molar refractivity (Wildman–Crippen MR) is 81.6 cm³/mol. The van der Waals surface area contributed by atoms with Gasteiger partial charge in [0.1, 0.15) is 11.6 Å². The molecule has 2 heterocycles. The molecule has 1 aromatic carbocycles. The Morgan fingerprint density at radius 1 is 1.14 bits per heavy atom. The quantitative estimate of drug-likeness (QED) is 0.865. The Balaban J connectivity index is 1.80. The molecule has 0 aliphatic carbocycles. The van der Waals surface area contributed by atoms with Gasteiger partial charge in [-0.2, -0.15) is 0 Å². The van der Waals surface area contributed by atoms with Crippen LogP contribution in [0.15, 0.2) is 42.9 Å². The number of rotatable bonds is 3. The molecule has 1 aromatic heterocycles. The van der Waals surface area contributed by atoms with Gasteiger partial charge < -0.3 is 9.80 Å². The van der Waals surface area contributed by atoms with Gasteiger partial charge in [0.2, 0.25) is 0 Å². The zero-order valence-corrected chi connectivity index (χ0v) is 12.6. The monoisotopic (exact) mass is 301 g/mol. The molecule has 0 spiro atoms. The molecule has 0 atom stereocenters. The molecule has 0 bridgehead atoms. The summed E-state index contributed by atoms with van der Waals surface area (Å²) >= 11 is 0. The summed E-state index contributed by atoms with van der Waals surface area (Å²) in [6.07, 6.45) is 5.77. The lowest BCUT2D eigenvalue weighted by atomic mass is 10.1. The summed E-state index contributed by atoms with van der Waals surface area (Å²) in [5, 5.41) is 0. The zero-order chi connectivity index (χ0) is 15.7. The zero-order valence-electron chi connectivity index (χ0n) is 12.6. The molecule has 0 saturated heterocycles. The molecule has 1 aliphatic heterocycles. The molecular weight excluding hydrogens is 284 g/mol. The number of halogens is 2. The van der Waals surface area contributed by atoms with E-state index in [0.29, 0.717) is 11.3 Å². The van der Waals surface area contributed by atoms with Crippen LogP contribution in [0, 0.1) is 18.6 Å². The van der Waals surface area contributed by atoms with Gasteiger partial charge in [-0.05, 0) is 30.7 Å². The van der Waals surface area contributed by atoms with Crippen molar-refractivity contribution in [3.05, 3.63) is 65.6 Å². The second-order valence-corrected chi connectivity index (χ2v) is 5.53. The Morgan fingerprint density at radius 3 is 2.59 bits per heavy atom. The third-order valence-electron chi connectivity index (χ3n) is 3.74. The van der Waals surface area contributed by atoms with Gasteiger partial charge in [-0.25, -0.2) is 8.78 Å². The summed E-state index contributed by atoms with van der Waals surface area (Å²) in [6, 6.07) is 6.40. The average molecular weight is 301 g/mol. The summed E-state index contributed by atoms with van der Waals surface area (Å²) in [6.45, 7) is 3.02. The number of hydrogen-bond donors (Lipinski definition) is 0. The lowest BCUT2D eigenvalue weighted by Crippen LogP contribution is -2.21. The van der Waals surface area contributed by atoms with Crippen LogP contribution in [-0.4, -0.2) is 28.5 Å². The summed E-state index contributed by atoms with van der Waals surface area (Å²) in [7, 11) is 2.01. The molecule has 0 radical (unpaired) electrons. The topological polar surface area (TPSA) is 19.4 Å². The fraction of sp³-hybridized carbons (Fsp3) is 0.235. The lowest BCUT2D eigenvalue weighted by Gasteiger charge is -2.18. The lowest BCUT2D eigenvalue weighted by molar-refractivity contribution is 0.290. The second kappa shape index (κ2) is 5.75. The number of hydrogen-bond acceptors (Lipinski definition) is 3. The van der Waals surface area contributed by atoms with E-state index in [0.717, 1.165) is 18.8 Å². The normalized spacial score (nSPS) is 14.0. The van der Waals surface area contributed by atoms with E-state index in [1.807, 2.05) is 25.5 Å². The highest BCUT2D eigenvalue weighted by Crippen LogP contribution is 2.25. The highest BCUT2D eigenvalue weighted by molar-refractivity contribution is 5.61. The van der Waals surface area contributed by atoms with Gasteiger partial charge in [0.25, 0.3) is 0 Å². The van der Waals surface area contributed by atoms with Crippen molar-refractivity contribution in [2.45, 2.75) is 13.5 Å². The van der Waals surface area contributed by atoms with Crippen LogP contribution < -0.4 is 0 Å². The van der Waals surface area contributed by atoms with Gasteiger partial charge in [0, 0.05) is 43.3 Å². The van der Waals surface area contributed by atoms with Crippen molar-refractivity contribution < 1.29 is 8.78 Å². The van der Waals surface area contributed by atoms with Crippen LogP contribution in [0.3, 0.4) is 0 Å². The Morgan fingerprint density at radius 2 is 1.95 bits per heavy atom. The fourth-order valence-electron chi connectivity index (χ4n) is 2.46. The molecular formula is C17H17F2N3. The van der Waals surface area contributed by atoms with Gasteiger partial charge in [0.15, 0.2) is 0 Å². The molecule has 0 saturated carbocycles. The molecule has 0 fully saturated rings. The molecule has 0 N–H and O–H groups in total. The van der Waals surface area contributed by atoms with Crippen LogP contribution in [0.2, 0.25) is 0 Å². The van der Waals surface area contributed by atoms with Crippen molar-refractivity contribution >= 4 is 0 Å². The smallest absolute Gasteiger partial charge is 0.138 e. The van der Waals surface area contributed by atoms with E-state index in [2.05, 4.69) is 14.8 Å². The van der Waals surface area contributed by atoms with Crippen molar-refractivity contribution in [1.29, 1.82) is 0 Å². The van der Waals surface area contributed by atoms with Crippen LogP contribution in [0.4, 0.5) is 8.78 Å². The van der Waals surface area contributed by atoms with E-state index in [1.54, 1.807) is 12.3 Å². The van der Waals surface area contributed by atoms with Gasteiger partial charge in [-0.15, -0.1) is 0 Å². The molecule has 3 rings (SSSR count). The minimum Gasteiger partial charge on any atom is -0.362 e. The largest absolute Gasteiger partial charge is 0.362 e. The third kappa shape index (κ3) is 2.79. The number of aromatic nitrogens is 1. The number of nitrogens with zero attached hydrogens (tertiary/aromatic N) is 3. The van der Waals surface area contributed by atoms with E-state index < -0.39 is 11.6 Å². The molecule has 0 unspecified atom stereocenters. The Labute approximate surface area is 128 Å².